The van der Waals surface area contributed by atoms with E-state index in [4.69, 9.17) is 0 Å². The normalized spacial score (nSPS) is 11.1. The van der Waals surface area contributed by atoms with Gasteiger partial charge in [-0.05, 0) is 44.2 Å². The molecule has 0 aliphatic heterocycles. The van der Waals surface area contributed by atoms with Gasteiger partial charge in [0.25, 0.3) is 0 Å². The molecule has 4 heteroatoms. The van der Waals surface area contributed by atoms with Crippen molar-refractivity contribution in [2.24, 2.45) is 7.05 Å². The van der Waals surface area contributed by atoms with E-state index in [1.807, 2.05) is 36.3 Å². The number of nitrogens with zero attached hydrogens (tertiary/aromatic N) is 3. The molecule has 2 aromatic heterocycles. The van der Waals surface area contributed by atoms with Crippen molar-refractivity contribution < 1.29 is 4.79 Å². The number of hydrogen-bond donors (Lipinski definition) is 0. The number of Topliss-reactive ketones (excluding diaryl/α,β-unsaturated/α-hetero) is 1. The molecule has 4 nitrogen and oxygen atoms in total. The quantitative estimate of drug-likeness (QED) is 0.784. The van der Waals surface area contributed by atoms with E-state index in [1.54, 1.807) is 6.92 Å². The van der Waals surface area contributed by atoms with Gasteiger partial charge in [0, 0.05) is 50.0 Å². The van der Waals surface area contributed by atoms with Crippen molar-refractivity contribution in [2.75, 3.05) is 7.05 Å². The maximum atomic E-state index is 11.4. The van der Waals surface area contributed by atoms with Crippen molar-refractivity contribution in [3.63, 3.8) is 0 Å². The molecule has 0 N–H and O–H groups in total. The van der Waals surface area contributed by atoms with Crippen LogP contribution >= 0.6 is 0 Å². The Bertz CT molecular complexity index is 616. The fraction of sp³-hybridized carbons (Fsp3) is 0.375. The Hall–Kier alpha value is -1.94. The van der Waals surface area contributed by atoms with Crippen molar-refractivity contribution in [1.82, 2.24) is 14.5 Å². The fourth-order valence-electron chi connectivity index (χ4n) is 2.26. The largest absolute Gasteiger partial charge is 0.353 e. The Kier molecular flexibility index (Phi) is 4.35. The SMILES string of the molecule is CC(=O)c1cc(CN(C)Cc2ccncc2C)n(C)c1. The molecule has 2 aromatic rings. The highest BCUT2D eigenvalue weighted by Gasteiger charge is 2.10. The third kappa shape index (κ3) is 3.33. The highest BCUT2D eigenvalue weighted by atomic mass is 16.1. The molecule has 2 heterocycles. The lowest BCUT2D eigenvalue weighted by Crippen LogP contribution is -2.19. The molecule has 20 heavy (non-hydrogen) atoms. The van der Waals surface area contributed by atoms with Gasteiger partial charge in [-0.25, -0.2) is 0 Å². The number of rotatable bonds is 5. The average molecular weight is 271 g/mol. The van der Waals surface area contributed by atoms with Gasteiger partial charge >= 0.3 is 0 Å². The Morgan fingerprint density at radius 3 is 2.75 bits per heavy atom. The molecule has 2 rings (SSSR count). The lowest BCUT2D eigenvalue weighted by Gasteiger charge is -2.18. The second-order valence-electron chi connectivity index (χ2n) is 5.36. The van der Waals surface area contributed by atoms with Gasteiger partial charge in [-0.2, -0.15) is 0 Å². The number of pyridine rings is 1. The van der Waals surface area contributed by atoms with Gasteiger partial charge in [0.2, 0.25) is 0 Å². The van der Waals surface area contributed by atoms with Crippen molar-refractivity contribution in [1.29, 1.82) is 0 Å². The van der Waals surface area contributed by atoms with Crippen LogP contribution in [0.1, 0.15) is 34.1 Å². The summed E-state index contributed by atoms with van der Waals surface area (Å²) >= 11 is 0. The first-order valence-electron chi connectivity index (χ1n) is 6.71. The Morgan fingerprint density at radius 2 is 2.15 bits per heavy atom. The molecule has 0 amide bonds. The summed E-state index contributed by atoms with van der Waals surface area (Å²) in [5, 5.41) is 0. The lowest BCUT2D eigenvalue weighted by atomic mass is 10.1. The van der Waals surface area contributed by atoms with Crippen LogP contribution in [0.3, 0.4) is 0 Å². The predicted molar refractivity (Wildman–Crippen MR) is 79.6 cm³/mol. The lowest BCUT2D eigenvalue weighted by molar-refractivity contribution is 0.101. The molecule has 0 saturated heterocycles. The first-order valence-corrected chi connectivity index (χ1v) is 6.71. The van der Waals surface area contributed by atoms with E-state index < -0.39 is 0 Å². The summed E-state index contributed by atoms with van der Waals surface area (Å²) in [5.41, 5.74) is 4.40. The summed E-state index contributed by atoms with van der Waals surface area (Å²) in [6.45, 7) is 5.36. The van der Waals surface area contributed by atoms with Gasteiger partial charge in [0.05, 0.1) is 0 Å². The molecule has 0 unspecified atom stereocenters. The van der Waals surface area contributed by atoms with E-state index >= 15 is 0 Å². The molecule has 0 radical (unpaired) electrons. The summed E-state index contributed by atoms with van der Waals surface area (Å²) in [6, 6.07) is 4.02. The van der Waals surface area contributed by atoms with Gasteiger partial charge in [0.1, 0.15) is 0 Å². The number of carbonyl (C=O) groups excluding carboxylic acids is 1. The van der Waals surface area contributed by atoms with Crippen LogP contribution in [0.4, 0.5) is 0 Å². The van der Waals surface area contributed by atoms with Crippen LogP contribution in [-0.4, -0.2) is 27.3 Å². The molecule has 0 bridgehead atoms. The Labute approximate surface area is 120 Å². The predicted octanol–water partition coefficient (Wildman–Crippen LogP) is 2.56. The van der Waals surface area contributed by atoms with Gasteiger partial charge < -0.3 is 4.57 Å². The minimum Gasteiger partial charge on any atom is -0.353 e. The summed E-state index contributed by atoms with van der Waals surface area (Å²) in [7, 11) is 4.06. The molecular formula is C16H21N3O. The first-order chi connectivity index (χ1) is 9.47. The third-order valence-corrected chi connectivity index (χ3v) is 3.52. The first kappa shape index (κ1) is 14.5. The summed E-state index contributed by atoms with van der Waals surface area (Å²) < 4.78 is 2.02. The molecule has 0 spiro atoms. The highest BCUT2D eigenvalue weighted by Crippen LogP contribution is 2.13. The van der Waals surface area contributed by atoms with E-state index in [0.29, 0.717) is 0 Å². The maximum Gasteiger partial charge on any atom is 0.161 e. The van der Waals surface area contributed by atoms with Gasteiger partial charge in [-0.1, -0.05) is 0 Å². The number of carbonyl (C=O) groups is 1. The van der Waals surface area contributed by atoms with E-state index in [-0.39, 0.29) is 5.78 Å². The number of hydrogen-bond acceptors (Lipinski definition) is 3. The van der Waals surface area contributed by atoms with Crippen LogP contribution in [0.15, 0.2) is 30.7 Å². The summed E-state index contributed by atoms with van der Waals surface area (Å²) in [5.74, 6) is 0.111. The second kappa shape index (κ2) is 6.01. The monoisotopic (exact) mass is 271 g/mol. The Balaban J connectivity index is 2.06. The van der Waals surface area contributed by atoms with Gasteiger partial charge in [-0.15, -0.1) is 0 Å². The van der Waals surface area contributed by atoms with Crippen molar-refractivity contribution >= 4 is 5.78 Å². The fourth-order valence-corrected chi connectivity index (χ4v) is 2.26. The van der Waals surface area contributed by atoms with E-state index in [2.05, 4.69) is 29.9 Å². The van der Waals surface area contributed by atoms with Gasteiger partial charge in [-0.3, -0.25) is 14.7 Å². The van der Waals surface area contributed by atoms with Gasteiger partial charge in [0.15, 0.2) is 5.78 Å². The van der Waals surface area contributed by atoms with Crippen LogP contribution in [0, 0.1) is 6.92 Å². The zero-order chi connectivity index (χ0) is 14.7. The molecule has 106 valence electrons. The molecule has 0 fully saturated rings. The highest BCUT2D eigenvalue weighted by molar-refractivity contribution is 5.94. The second-order valence-corrected chi connectivity index (χ2v) is 5.36. The topological polar surface area (TPSA) is 38.1 Å². The van der Waals surface area contributed by atoms with E-state index in [9.17, 15) is 4.79 Å². The third-order valence-electron chi connectivity index (χ3n) is 3.52. The molecule has 0 saturated carbocycles. The molecular weight excluding hydrogens is 250 g/mol. The summed E-state index contributed by atoms with van der Waals surface area (Å²) in [6.07, 6.45) is 5.61. The van der Waals surface area contributed by atoms with Crippen molar-refractivity contribution in [3.8, 4) is 0 Å². The standard InChI is InChI=1S/C16H21N3O/c1-12-8-17-6-5-14(12)9-18(3)11-16-7-15(13(2)20)10-19(16)4/h5-8,10H,9,11H2,1-4H3. The van der Waals surface area contributed by atoms with Crippen molar-refractivity contribution in [3.05, 3.63) is 53.1 Å². The maximum absolute atomic E-state index is 11.4. The summed E-state index contributed by atoms with van der Waals surface area (Å²) in [4.78, 5) is 17.7. The zero-order valence-corrected chi connectivity index (χ0v) is 12.6. The van der Waals surface area contributed by atoms with Crippen molar-refractivity contribution in [2.45, 2.75) is 26.9 Å². The smallest absolute Gasteiger partial charge is 0.161 e. The minimum absolute atomic E-state index is 0.111. The van der Waals surface area contributed by atoms with E-state index in [1.165, 1.54) is 11.1 Å². The van der Waals surface area contributed by atoms with Crippen LogP contribution in [-0.2, 0) is 20.1 Å². The van der Waals surface area contributed by atoms with Crippen LogP contribution in [0.5, 0.6) is 0 Å². The van der Waals surface area contributed by atoms with Crippen LogP contribution in [0.25, 0.3) is 0 Å². The molecule has 0 aliphatic carbocycles. The Morgan fingerprint density at radius 1 is 1.40 bits per heavy atom. The number of aryl methyl sites for hydroxylation is 2. The minimum atomic E-state index is 0.111. The molecule has 0 atom stereocenters. The molecule has 0 aliphatic rings. The van der Waals surface area contributed by atoms with E-state index in [0.717, 1.165) is 24.3 Å². The number of ketones is 1. The molecule has 0 aromatic carbocycles. The number of aromatic nitrogens is 2. The average Bonchev–Trinajstić information content (AvgIpc) is 2.74. The van der Waals surface area contributed by atoms with Crippen LogP contribution in [0.2, 0.25) is 0 Å². The zero-order valence-electron chi connectivity index (χ0n) is 12.6. The van der Waals surface area contributed by atoms with Crippen LogP contribution < -0.4 is 0 Å².